The van der Waals surface area contributed by atoms with Crippen molar-refractivity contribution in [1.29, 1.82) is 0 Å². The van der Waals surface area contributed by atoms with Crippen LogP contribution in [0.2, 0.25) is 0 Å². The third-order valence-electron chi connectivity index (χ3n) is 2.71. The molecule has 1 unspecified atom stereocenters. The summed E-state index contributed by atoms with van der Waals surface area (Å²) in [5, 5.41) is 13.0. The molecule has 0 aliphatic heterocycles. The van der Waals surface area contributed by atoms with Gasteiger partial charge in [-0.2, -0.15) is 11.8 Å². The van der Waals surface area contributed by atoms with Gasteiger partial charge in [-0.15, -0.1) is 0 Å². The summed E-state index contributed by atoms with van der Waals surface area (Å²) in [5.74, 6) is -0.356. The van der Waals surface area contributed by atoms with Gasteiger partial charge in [-0.25, -0.2) is 4.39 Å². The SMILES string of the molecule is CSC(C)(C)CNCC(O)c1ccccc1F. The average molecular weight is 257 g/mol. The highest BCUT2D eigenvalue weighted by atomic mass is 32.2. The molecule has 2 nitrogen and oxygen atoms in total. The summed E-state index contributed by atoms with van der Waals surface area (Å²) in [6, 6.07) is 6.33. The summed E-state index contributed by atoms with van der Waals surface area (Å²) < 4.78 is 13.5. The van der Waals surface area contributed by atoms with E-state index in [1.807, 2.05) is 0 Å². The lowest BCUT2D eigenvalue weighted by atomic mass is 10.1. The minimum absolute atomic E-state index is 0.120. The minimum Gasteiger partial charge on any atom is -0.387 e. The number of aliphatic hydroxyl groups is 1. The summed E-state index contributed by atoms with van der Waals surface area (Å²) >= 11 is 1.76. The van der Waals surface area contributed by atoms with Crippen LogP contribution in [0, 0.1) is 5.82 Å². The molecule has 0 bridgehead atoms. The molecule has 0 heterocycles. The fourth-order valence-corrected chi connectivity index (χ4v) is 1.68. The van der Waals surface area contributed by atoms with E-state index in [0.29, 0.717) is 12.1 Å². The van der Waals surface area contributed by atoms with Crippen LogP contribution in [0.3, 0.4) is 0 Å². The predicted octanol–water partition coefficient (Wildman–Crippen LogP) is 2.59. The highest BCUT2D eigenvalue weighted by Gasteiger charge is 2.17. The van der Waals surface area contributed by atoms with Crippen molar-refractivity contribution in [2.45, 2.75) is 24.7 Å². The summed E-state index contributed by atoms with van der Waals surface area (Å²) in [6.07, 6.45) is 1.25. The molecule has 0 amide bonds. The van der Waals surface area contributed by atoms with Gasteiger partial charge in [0.25, 0.3) is 0 Å². The lowest BCUT2D eigenvalue weighted by Crippen LogP contribution is -2.34. The molecule has 17 heavy (non-hydrogen) atoms. The maximum Gasteiger partial charge on any atom is 0.129 e. The van der Waals surface area contributed by atoms with Gasteiger partial charge in [0.15, 0.2) is 0 Å². The molecule has 4 heteroatoms. The molecule has 96 valence electrons. The Balaban J connectivity index is 2.46. The van der Waals surface area contributed by atoms with E-state index in [0.717, 1.165) is 6.54 Å². The molecule has 0 aliphatic rings. The van der Waals surface area contributed by atoms with Crippen LogP contribution in [0.5, 0.6) is 0 Å². The van der Waals surface area contributed by atoms with Gasteiger partial charge in [0, 0.05) is 23.4 Å². The molecule has 2 N–H and O–H groups in total. The Morgan fingerprint density at radius 2 is 2.06 bits per heavy atom. The van der Waals surface area contributed by atoms with E-state index in [4.69, 9.17) is 0 Å². The summed E-state index contributed by atoms with van der Waals surface area (Å²) in [5.41, 5.74) is 0.349. The summed E-state index contributed by atoms with van der Waals surface area (Å²) in [4.78, 5) is 0. The molecule has 1 aromatic rings. The van der Waals surface area contributed by atoms with Gasteiger partial charge in [0.1, 0.15) is 5.82 Å². The first-order valence-electron chi connectivity index (χ1n) is 5.64. The van der Waals surface area contributed by atoms with Crippen molar-refractivity contribution >= 4 is 11.8 Å². The van der Waals surface area contributed by atoms with Crippen LogP contribution in [0.15, 0.2) is 24.3 Å². The minimum atomic E-state index is -0.797. The van der Waals surface area contributed by atoms with Crippen molar-refractivity contribution in [2.24, 2.45) is 0 Å². The summed E-state index contributed by atoms with van der Waals surface area (Å²) in [7, 11) is 0. The van der Waals surface area contributed by atoms with Gasteiger partial charge in [-0.05, 0) is 26.2 Å². The van der Waals surface area contributed by atoms with E-state index in [-0.39, 0.29) is 10.6 Å². The second-order valence-corrected chi connectivity index (χ2v) is 6.15. The largest absolute Gasteiger partial charge is 0.387 e. The molecule has 1 rings (SSSR count). The predicted molar refractivity (Wildman–Crippen MR) is 71.8 cm³/mol. The Kier molecular flexibility index (Phi) is 5.43. The molecular weight excluding hydrogens is 237 g/mol. The Bertz CT molecular complexity index is 357. The monoisotopic (exact) mass is 257 g/mol. The van der Waals surface area contributed by atoms with Crippen molar-refractivity contribution in [3.63, 3.8) is 0 Å². The fourth-order valence-electron chi connectivity index (χ4n) is 1.44. The number of benzene rings is 1. The van der Waals surface area contributed by atoms with Gasteiger partial charge in [0.05, 0.1) is 6.10 Å². The van der Waals surface area contributed by atoms with Crippen molar-refractivity contribution in [3.8, 4) is 0 Å². The van der Waals surface area contributed by atoms with E-state index >= 15 is 0 Å². The zero-order valence-electron chi connectivity index (χ0n) is 10.5. The molecule has 0 radical (unpaired) electrons. The fraction of sp³-hybridized carbons (Fsp3) is 0.538. The Morgan fingerprint density at radius 3 is 2.65 bits per heavy atom. The first-order chi connectivity index (χ1) is 7.96. The molecule has 0 spiro atoms. The van der Waals surface area contributed by atoms with Crippen molar-refractivity contribution < 1.29 is 9.50 Å². The summed E-state index contributed by atoms with van der Waals surface area (Å²) in [6.45, 7) is 5.39. The van der Waals surface area contributed by atoms with Crippen LogP contribution in [-0.4, -0.2) is 29.2 Å². The zero-order valence-corrected chi connectivity index (χ0v) is 11.4. The molecular formula is C13H20FNOS. The average Bonchev–Trinajstić information content (AvgIpc) is 2.29. The Morgan fingerprint density at radius 1 is 1.41 bits per heavy atom. The molecule has 0 aromatic heterocycles. The maximum absolute atomic E-state index is 13.4. The van der Waals surface area contributed by atoms with Gasteiger partial charge < -0.3 is 10.4 Å². The van der Waals surface area contributed by atoms with E-state index in [2.05, 4.69) is 25.4 Å². The first-order valence-corrected chi connectivity index (χ1v) is 6.87. The highest BCUT2D eigenvalue weighted by molar-refractivity contribution is 7.99. The van der Waals surface area contributed by atoms with Crippen LogP contribution in [0.25, 0.3) is 0 Å². The van der Waals surface area contributed by atoms with Crippen molar-refractivity contribution in [1.82, 2.24) is 5.32 Å². The van der Waals surface area contributed by atoms with Crippen molar-refractivity contribution in [3.05, 3.63) is 35.6 Å². The number of nitrogens with one attached hydrogen (secondary N) is 1. The first kappa shape index (κ1) is 14.5. The highest BCUT2D eigenvalue weighted by Crippen LogP contribution is 2.20. The number of hydrogen-bond acceptors (Lipinski definition) is 3. The second kappa shape index (κ2) is 6.38. The normalized spacial score (nSPS) is 13.7. The zero-order chi connectivity index (χ0) is 12.9. The Labute approximate surface area is 107 Å². The second-order valence-electron chi connectivity index (χ2n) is 4.63. The van der Waals surface area contributed by atoms with Gasteiger partial charge in [-0.1, -0.05) is 18.2 Å². The molecule has 0 aliphatic carbocycles. The van der Waals surface area contributed by atoms with Crippen LogP contribution < -0.4 is 5.32 Å². The van der Waals surface area contributed by atoms with Crippen LogP contribution in [0.4, 0.5) is 4.39 Å². The van der Waals surface area contributed by atoms with Crippen LogP contribution in [-0.2, 0) is 0 Å². The molecule has 1 atom stereocenters. The van der Waals surface area contributed by atoms with E-state index < -0.39 is 6.10 Å². The number of aliphatic hydroxyl groups excluding tert-OH is 1. The van der Waals surface area contributed by atoms with Gasteiger partial charge in [0.2, 0.25) is 0 Å². The lowest BCUT2D eigenvalue weighted by molar-refractivity contribution is 0.169. The molecule has 0 saturated carbocycles. The molecule has 1 aromatic carbocycles. The smallest absolute Gasteiger partial charge is 0.129 e. The van der Waals surface area contributed by atoms with E-state index in [1.54, 1.807) is 30.0 Å². The number of hydrogen-bond donors (Lipinski definition) is 2. The van der Waals surface area contributed by atoms with Crippen LogP contribution >= 0.6 is 11.8 Å². The third kappa shape index (κ3) is 4.66. The van der Waals surface area contributed by atoms with E-state index in [1.165, 1.54) is 6.07 Å². The van der Waals surface area contributed by atoms with E-state index in [9.17, 15) is 9.50 Å². The number of thioether (sulfide) groups is 1. The van der Waals surface area contributed by atoms with Gasteiger partial charge in [-0.3, -0.25) is 0 Å². The van der Waals surface area contributed by atoms with Gasteiger partial charge >= 0.3 is 0 Å². The third-order valence-corrected chi connectivity index (χ3v) is 3.95. The number of halogens is 1. The lowest BCUT2D eigenvalue weighted by Gasteiger charge is -2.23. The quantitative estimate of drug-likeness (QED) is 0.821. The van der Waals surface area contributed by atoms with Crippen LogP contribution in [0.1, 0.15) is 25.5 Å². The molecule has 0 fully saturated rings. The Hall–Kier alpha value is -0.580. The maximum atomic E-state index is 13.4. The number of rotatable bonds is 6. The molecule has 0 saturated heterocycles. The topological polar surface area (TPSA) is 32.3 Å². The van der Waals surface area contributed by atoms with Crippen molar-refractivity contribution in [2.75, 3.05) is 19.3 Å². The standard InChI is InChI=1S/C13H20FNOS/c1-13(2,17-3)9-15-8-12(16)10-6-4-5-7-11(10)14/h4-7,12,15-16H,8-9H2,1-3H3.